The maximum absolute atomic E-state index is 12.3. The van der Waals surface area contributed by atoms with Crippen LogP contribution in [0.4, 0.5) is 5.69 Å². The molecule has 32 heavy (non-hydrogen) atoms. The number of hydrogen-bond donors (Lipinski definition) is 2. The fourth-order valence-electron chi connectivity index (χ4n) is 3.16. The molecule has 2 amide bonds. The highest BCUT2D eigenvalue weighted by molar-refractivity contribution is 5.98. The molecule has 0 saturated heterocycles. The molecule has 0 radical (unpaired) electrons. The van der Waals surface area contributed by atoms with Crippen molar-refractivity contribution in [3.63, 3.8) is 0 Å². The third-order valence-electron chi connectivity index (χ3n) is 4.73. The first kappa shape index (κ1) is 20.8. The molecule has 11 heteroatoms. The van der Waals surface area contributed by atoms with Crippen LogP contribution in [-0.4, -0.2) is 47.9 Å². The summed E-state index contributed by atoms with van der Waals surface area (Å²) in [6, 6.07) is 11.5. The van der Waals surface area contributed by atoms with Gasteiger partial charge in [-0.05, 0) is 24.3 Å². The van der Waals surface area contributed by atoms with Gasteiger partial charge in [-0.25, -0.2) is 0 Å². The fraction of sp³-hybridized carbons (Fsp3) is 0.190. The van der Waals surface area contributed by atoms with Crippen molar-refractivity contribution in [3.05, 3.63) is 48.0 Å². The van der Waals surface area contributed by atoms with Crippen LogP contribution < -0.4 is 14.8 Å². The molecule has 0 atom stereocenters. The van der Waals surface area contributed by atoms with Gasteiger partial charge >= 0.3 is 5.97 Å². The van der Waals surface area contributed by atoms with E-state index in [1.807, 2.05) is 0 Å². The van der Waals surface area contributed by atoms with Crippen molar-refractivity contribution in [2.75, 3.05) is 20.4 Å². The number of carbonyl (C=O) groups is 3. The van der Waals surface area contributed by atoms with Gasteiger partial charge in [0.2, 0.25) is 12.7 Å². The molecule has 164 valence electrons. The summed E-state index contributed by atoms with van der Waals surface area (Å²) in [6.45, 7) is -0.557. The lowest BCUT2D eigenvalue weighted by Crippen LogP contribution is -2.28. The molecule has 0 bridgehead atoms. The van der Waals surface area contributed by atoms with E-state index in [0.717, 1.165) is 0 Å². The molecule has 2 N–H and O–H groups in total. The van der Waals surface area contributed by atoms with E-state index in [2.05, 4.69) is 20.3 Å². The monoisotopic (exact) mass is 438 g/mol. The van der Waals surface area contributed by atoms with Crippen LogP contribution in [0.2, 0.25) is 0 Å². The van der Waals surface area contributed by atoms with Crippen LogP contribution in [0.15, 0.2) is 52.7 Å². The van der Waals surface area contributed by atoms with Gasteiger partial charge < -0.3 is 24.6 Å². The molecular formula is C21H18N4O7. The highest BCUT2D eigenvalue weighted by Gasteiger charge is 2.19. The second-order valence-corrected chi connectivity index (χ2v) is 6.70. The molecule has 0 unspecified atom stereocenters. The minimum absolute atomic E-state index is 0.0277. The summed E-state index contributed by atoms with van der Waals surface area (Å²) in [5.74, 6) is -1.14. The van der Waals surface area contributed by atoms with Gasteiger partial charge in [0, 0.05) is 10.9 Å². The number of fused-ring (bicyclic) bond motifs is 2. The lowest BCUT2D eigenvalue weighted by molar-refractivity contribution is -0.141. The van der Waals surface area contributed by atoms with Crippen molar-refractivity contribution in [1.29, 1.82) is 0 Å². The normalized spacial score (nSPS) is 12.3. The SMILES string of the molecule is COC(=O)Cn1c(O)c(N=NC(=O)CNC(=O)c2ccc3c(c2)OCO3)c2ccccc21. The van der Waals surface area contributed by atoms with E-state index in [1.165, 1.54) is 17.7 Å². The van der Waals surface area contributed by atoms with E-state index >= 15 is 0 Å². The maximum Gasteiger partial charge on any atom is 0.325 e. The van der Waals surface area contributed by atoms with Crippen molar-refractivity contribution < 1.29 is 33.7 Å². The van der Waals surface area contributed by atoms with Gasteiger partial charge in [0.15, 0.2) is 17.2 Å². The Balaban J connectivity index is 1.46. The van der Waals surface area contributed by atoms with E-state index < -0.39 is 24.3 Å². The minimum atomic E-state index is -0.733. The average Bonchev–Trinajstić information content (AvgIpc) is 3.38. The number of aromatic nitrogens is 1. The van der Waals surface area contributed by atoms with Crippen LogP contribution in [0.5, 0.6) is 17.4 Å². The van der Waals surface area contributed by atoms with Gasteiger partial charge in [0.05, 0.1) is 12.6 Å². The highest BCUT2D eigenvalue weighted by Crippen LogP contribution is 2.38. The average molecular weight is 438 g/mol. The zero-order valence-corrected chi connectivity index (χ0v) is 16.9. The second kappa shape index (κ2) is 8.76. The molecule has 0 saturated carbocycles. The highest BCUT2D eigenvalue weighted by atomic mass is 16.7. The van der Waals surface area contributed by atoms with Crippen LogP contribution in [0.3, 0.4) is 0 Å². The first-order valence-electron chi connectivity index (χ1n) is 9.47. The van der Waals surface area contributed by atoms with Gasteiger partial charge in [0.1, 0.15) is 13.1 Å². The van der Waals surface area contributed by atoms with E-state index in [9.17, 15) is 19.5 Å². The van der Waals surface area contributed by atoms with E-state index in [1.54, 1.807) is 36.4 Å². The molecule has 0 aliphatic carbocycles. The molecule has 4 rings (SSSR count). The predicted octanol–water partition coefficient (Wildman–Crippen LogP) is 2.29. The predicted molar refractivity (Wildman–Crippen MR) is 110 cm³/mol. The molecule has 2 aromatic carbocycles. The molecular weight excluding hydrogens is 420 g/mol. The summed E-state index contributed by atoms with van der Waals surface area (Å²) in [5.41, 5.74) is 0.843. The molecule has 0 fully saturated rings. The number of benzene rings is 2. The number of carbonyl (C=O) groups excluding carboxylic acids is 3. The van der Waals surface area contributed by atoms with Gasteiger partial charge in [-0.15, -0.1) is 10.2 Å². The number of azo groups is 1. The summed E-state index contributed by atoms with van der Waals surface area (Å²) in [7, 11) is 1.24. The van der Waals surface area contributed by atoms with Crippen LogP contribution in [-0.2, 0) is 20.9 Å². The number of nitrogens with zero attached hydrogens (tertiary/aromatic N) is 3. The molecule has 2 heterocycles. The molecule has 1 aromatic heterocycles. The molecule has 1 aliphatic heterocycles. The summed E-state index contributed by atoms with van der Waals surface area (Å²) < 4.78 is 16.4. The van der Waals surface area contributed by atoms with Crippen molar-refractivity contribution in [1.82, 2.24) is 9.88 Å². The van der Waals surface area contributed by atoms with Gasteiger partial charge in [-0.3, -0.25) is 19.0 Å². The molecule has 11 nitrogen and oxygen atoms in total. The van der Waals surface area contributed by atoms with Crippen molar-refractivity contribution >= 4 is 34.4 Å². The summed E-state index contributed by atoms with van der Waals surface area (Å²) in [4.78, 5) is 36.1. The lowest BCUT2D eigenvalue weighted by Gasteiger charge is -2.04. The first-order chi connectivity index (χ1) is 15.5. The zero-order valence-electron chi connectivity index (χ0n) is 16.9. The summed E-state index contributed by atoms with van der Waals surface area (Å²) in [6.07, 6.45) is 0. The Bertz CT molecular complexity index is 1250. The Hall–Kier alpha value is -4.41. The number of hydrogen-bond acceptors (Lipinski definition) is 8. The van der Waals surface area contributed by atoms with Crippen LogP contribution in [0.1, 0.15) is 10.4 Å². The van der Waals surface area contributed by atoms with Crippen molar-refractivity contribution in [2.24, 2.45) is 10.2 Å². The smallest absolute Gasteiger partial charge is 0.325 e. The molecule has 3 aromatic rings. The fourth-order valence-corrected chi connectivity index (χ4v) is 3.16. The maximum atomic E-state index is 12.3. The quantitative estimate of drug-likeness (QED) is 0.444. The number of nitrogens with one attached hydrogen (secondary N) is 1. The Labute approximate surface area is 181 Å². The van der Waals surface area contributed by atoms with Crippen molar-refractivity contribution in [2.45, 2.75) is 6.54 Å². The third kappa shape index (κ3) is 4.08. The number of ether oxygens (including phenoxy) is 3. The first-order valence-corrected chi connectivity index (χ1v) is 9.47. The minimum Gasteiger partial charge on any atom is -0.493 e. The zero-order chi connectivity index (χ0) is 22.7. The number of amides is 2. The van der Waals surface area contributed by atoms with Crippen LogP contribution >= 0.6 is 0 Å². The number of methoxy groups -OCH3 is 1. The van der Waals surface area contributed by atoms with Gasteiger partial charge in [0.25, 0.3) is 11.8 Å². The van der Waals surface area contributed by atoms with Gasteiger partial charge in [-0.2, -0.15) is 0 Å². The Morgan fingerprint density at radius 2 is 1.94 bits per heavy atom. The van der Waals surface area contributed by atoms with E-state index in [-0.39, 0.29) is 24.9 Å². The number of rotatable bonds is 6. The Morgan fingerprint density at radius 3 is 2.75 bits per heavy atom. The second-order valence-electron chi connectivity index (χ2n) is 6.70. The number of para-hydroxylation sites is 1. The number of aromatic hydroxyl groups is 1. The number of esters is 1. The summed E-state index contributed by atoms with van der Waals surface area (Å²) in [5, 5.41) is 20.9. The summed E-state index contributed by atoms with van der Waals surface area (Å²) >= 11 is 0. The van der Waals surface area contributed by atoms with Crippen LogP contribution in [0, 0.1) is 0 Å². The van der Waals surface area contributed by atoms with Gasteiger partial charge in [-0.1, -0.05) is 18.2 Å². The van der Waals surface area contributed by atoms with Crippen molar-refractivity contribution in [3.8, 4) is 17.4 Å². The standard InChI is InChI=1S/C21H18N4O7/c1-30-18(27)10-25-14-5-3-2-4-13(14)19(21(25)29)24-23-17(26)9-22-20(28)12-6-7-15-16(8-12)32-11-31-15/h2-8,29H,9-11H2,1H3,(H,22,28). The largest absolute Gasteiger partial charge is 0.493 e. The third-order valence-corrected chi connectivity index (χ3v) is 4.73. The topological polar surface area (TPSA) is 141 Å². The Morgan fingerprint density at radius 1 is 1.16 bits per heavy atom. The lowest BCUT2D eigenvalue weighted by atomic mass is 10.2. The Kier molecular flexibility index (Phi) is 5.71. The van der Waals surface area contributed by atoms with E-state index in [0.29, 0.717) is 28.0 Å². The molecule has 1 aliphatic rings. The van der Waals surface area contributed by atoms with Crippen LogP contribution in [0.25, 0.3) is 10.9 Å². The van der Waals surface area contributed by atoms with E-state index in [4.69, 9.17) is 9.47 Å². The molecule has 0 spiro atoms.